The predicted octanol–water partition coefficient (Wildman–Crippen LogP) is 3.76. The molecule has 0 saturated carbocycles. The number of fused-ring (bicyclic) bond motifs is 1. The van der Waals surface area contributed by atoms with Gasteiger partial charge in [-0.15, -0.1) is 11.3 Å². The first-order valence-corrected chi connectivity index (χ1v) is 11.9. The molecular weight excluding hydrogens is 494 g/mol. The smallest absolute Gasteiger partial charge is 0.333 e. The minimum absolute atomic E-state index is 0.0878. The fourth-order valence-corrected chi connectivity index (χ4v) is 4.42. The van der Waals surface area contributed by atoms with E-state index >= 15 is 0 Å². The Balaban J connectivity index is 1.55. The number of furan rings is 1. The molecule has 9 nitrogen and oxygen atoms in total. The number of carbonyl (C=O) groups is 1. The fraction of sp³-hybridized carbons (Fsp3) is 0.333. The molecule has 0 fully saturated rings. The highest BCUT2D eigenvalue weighted by atomic mass is 32.1. The standard InChI is InChI=1S/C24H24F2N4O5S/c1-11(2)9-34-20-15(25)6-13(7-16(20)26)17-10-36-23(27-17)28-18(31)8-14-12(3)35-22-19(14)21(32)29(4)24(33)30(22)5/h6-7,10-11H,8-9H2,1-5H3,(H,27,28,31). The van der Waals surface area contributed by atoms with Gasteiger partial charge in [-0.25, -0.2) is 18.6 Å². The van der Waals surface area contributed by atoms with Gasteiger partial charge in [0.2, 0.25) is 11.6 Å². The van der Waals surface area contributed by atoms with Gasteiger partial charge in [0.1, 0.15) is 11.1 Å². The fourth-order valence-electron chi connectivity index (χ4n) is 3.68. The molecule has 0 aliphatic carbocycles. The van der Waals surface area contributed by atoms with E-state index in [0.29, 0.717) is 11.3 Å². The summed E-state index contributed by atoms with van der Waals surface area (Å²) < 4.78 is 41.8. The van der Waals surface area contributed by atoms with E-state index in [-0.39, 0.29) is 46.4 Å². The highest BCUT2D eigenvalue weighted by Gasteiger charge is 2.22. The van der Waals surface area contributed by atoms with Crippen LogP contribution in [0.1, 0.15) is 25.2 Å². The third-order valence-corrected chi connectivity index (χ3v) is 6.29. The van der Waals surface area contributed by atoms with Gasteiger partial charge in [-0.1, -0.05) is 13.8 Å². The lowest BCUT2D eigenvalue weighted by atomic mass is 10.1. The monoisotopic (exact) mass is 518 g/mol. The van der Waals surface area contributed by atoms with Crippen LogP contribution < -0.4 is 21.3 Å². The summed E-state index contributed by atoms with van der Waals surface area (Å²) in [4.78, 5) is 41.8. The van der Waals surface area contributed by atoms with Crippen LogP contribution in [0.2, 0.25) is 0 Å². The van der Waals surface area contributed by atoms with Crippen molar-refractivity contribution in [1.29, 1.82) is 0 Å². The van der Waals surface area contributed by atoms with Crippen LogP contribution in [0.3, 0.4) is 0 Å². The molecule has 0 bridgehead atoms. The number of benzene rings is 1. The van der Waals surface area contributed by atoms with Crippen LogP contribution in [-0.2, 0) is 25.3 Å². The number of rotatable bonds is 7. The van der Waals surface area contributed by atoms with Crippen molar-refractivity contribution in [3.63, 3.8) is 0 Å². The summed E-state index contributed by atoms with van der Waals surface area (Å²) in [5.41, 5.74) is -0.187. The highest BCUT2D eigenvalue weighted by Crippen LogP contribution is 2.31. The Morgan fingerprint density at radius 3 is 2.50 bits per heavy atom. The number of amides is 1. The molecule has 4 rings (SSSR count). The van der Waals surface area contributed by atoms with E-state index < -0.39 is 34.5 Å². The summed E-state index contributed by atoms with van der Waals surface area (Å²) in [5, 5.41) is 4.55. The second-order valence-electron chi connectivity index (χ2n) is 8.76. The third kappa shape index (κ3) is 4.68. The maximum atomic E-state index is 14.4. The summed E-state index contributed by atoms with van der Waals surface area (Å²) in [7, 11) is 2.82. The number of hydrogen-bond acceptors (Lipinski definition) is 7. The zero-order valence-corrected chi connectivity index (χ0v) is 21.1. The Labute approximate surface area is 208 Å². The first-order valence-electron chi connectivity index (χ1n) is 11.0. The molecule has 1 aromatic carbocycles. The molecule has 1 N–H and O–H groups in total. The van der Waals surface area contributed by atoms with E-state index in [0.717, 1.165) is 28.0 Å². The molecule has 0 radical (unpaired) electrons. The number of aryl methyl sites for hydroxylation is 2. The number of nitrogens with one attached hydrogen (secondary N) is 1. The van der Waals surface area contributed by atoms with Gasteiger partial charge in [0, 0.05) is 30.6 Å². The predicted molar refractivity (Wildman–Crippen MR) is 132 cm³/mol. The lowest BCUT2D eigenvalue weighted by Gasteiger charge is -2.11. The van der Waals surface area contributed by atoms with Gasteiger partial charge in [-0.3, -0.25) is 18.7 Å². The quantitative estimate of drug-likeness (QED) is 0.399. The van der Waals surface area contributed by atoms with E-state index in [1.807, 2.05) is 13.8 Å². The van der Waals surface area contributed by atoms with Crippen molar-refractivity contribution in [2.24, 2.45) is 20.0 Å². The van der Waals surface area contributed by atoms with Crippen LogP contribution in [0.5, 0.6) is 5.75 Å². The van der Waals surface area contributed by atoms with Crippen molar-refractivity contribution in [3.05, 3.63) is 61.3 Å². The molecule has 0 unspecified atom stereocenters. The first-order chi connectivity index (χ1) is 17.0. The summed E-state index contributed by atoms with van der Waals surface area (Å²) in [6, 6.07) is 2.25. The Morgan fingerprint density at radius 2 is 1.86 bits per heavy atom. The van der Waals surface area contributed by atoms with Crippen molar-refractivity contribution < 1.29 is 22.7 Å². The first kappa shape index (κ1) is 25.3. The molecular formula is C24H24F2N4O5S. The molecule has 1 amide bonds. The number of anilines is 1. The van der Waals surface area contributed by atoms with Gasteiger partial charge >= 0.3 is 5.69 Å². The SMILES string of the molecule is Cc1oc2c(c1CC(=O)Nc1nc(-c3cc(F)c(OCC(C)C)c(F)c3)cs1)c(=O)n(C)c(=O)n2C. The van der Waals surface area contributed by atoms with Gasteiger partial charge in [0.15, 0.2) is 22.5 Å². The van der Waals surface area contributed by atoms with Crippen LogP contribution >= 0.6 is 11.3 Å². The molecule has 0 aliphatic rings. The Hall–Kier alpha value is -3.80. The van der Waals surface area contributed by atoms with Crippen LogP contribution in [0.25, 0.3) is 22.4 Å². The highest BCUT2D eigenvalue weighted by molar-refractivity contribution is 7.14. The molecule has 3 aromatic heterocycles. The number of aromatic nitrogens is 3. The molecule has 12 heteroatoms. The van der Waals surface area contributed by atoms with Crippen molar-refractivity contribution in [1.82, 2.24) is 14.1 Å². The third-order valence-electron chi connectivity index (χ3n) is 5.53. The zero-order chi connectivity index (χ0) is 26.3. The Bertz CT molecular complexity index is 1580. The molecule has 36 heavy (non-hydrogen) atoms. The van der Waals surface area contributed by atoms with E-state index in [1.165, 1.54) is 18.7 Å². The van der Waals surface area contributed by atoms with Gasteiger partial charge in [0.25, 0.3) is 5.56 Å². The van der Waals surface area contributed by atoms with Crippen molar-refractivity contribution in [2.45, 2.75) is 27.2 Å². The van der Waals surface area contributed by atoms with E-state index in [9.17, 15) is 23.2 Å². The Morgan fingerprint density at radius 1 is 1.19 bits per heavy atom. The topological polar surface area (TPSA) is 108 Å². The second-order valence-corrected chi connectivity index (χ2v) is 9.62. The molecule has 0 aliphatic heterocycles. The maximum Gasteiger partial charge on any atom is 0.333 e. The van der Waals surface area contributed by atoms with Crippen molar-refractivity contribution in [3.8, 4) is 17.0 Å². The van der Waals surface area contributed by atoms with Gasteiger partial charge < -0.3 is 14.5 Å². The largest absolute Gasteiger partial charge is 0.487 e. The van der Waals surface area contributed by atoms with Crippen LogP contribution in [0.15, 0.2) is 31.5 Å². The lowest BCUT2D eigenvalue weighted by Crippen LogP contribution is -2.36. The lowest BCUT2D eigenvalue weighted by molar-refractivity contribution is -0.115. The number of ether oxygens (including phenoxy) is 1. The minimum Gasteiger partial charge on any atom is -0.487 e. The normalized spacial score (nSPS) is 11.4. The van der Waals surface area contributed by atoms with Crippen LogP contribution in [0, 0.1) is 24.5 Å². The summed E-state index contributed by atoms with van der Waals surface area (Å²) in [5.74, 6) is -2.17. The number of nitrogens with zero attached hydrogens (tertiary/aromatic N) is 3. The molecule has 190 valence electrons. The zero-order valence-electron chi connectivity index (χ0n) is 20.3. The minimum atomic E-state index is -0.845. The van der Waals surface area contributed by atoms with Gasteiger partial charge in [-0.05, 0) is 25.0 Å². The Kier molecular flexibility index (Phi) is 6.81. The summed E-state index contributed by atoms with van der Waals surface area (Å²) in [6.07, 6.45) is -0.202. The maximum absolute atomic E-state index is 14.4. The van der Waals surface area contributed by atoms with Crippen molar-refractivity contribution >= 4 is 33.5 Å². The summed E-state index contributed by atoms with van der Waals surface area (Å²) >= 11 is 1.08. The average molecular weight is 519 g/mol. The molecule has 4 aromatic rings. The molecule has 0 saturated heterocycles. The van der Waals surface area contributed by atoms with Crippen LogP contribution in [-0.4, -0.2) is 26.6 Å². The van der Waals surface area contributed by atoms with E-state index in [1.54, 1.807) is 12.3 Å². The molecule has 0 atom stereocenters. The number of hydrogen-bond donors (Lipinski definition) is 1. The number of halogens is 2. The molecule has 3 heterocycles. The average Bonchev–Trinajstić information content (AvgIpc) is 3.40. The van der Waals surface area contributed by atoms with Crippen LogP contribution in [0.4, 0.5) is 13.9 Å². The van der Waals surface area contributed by atoms with E-state index in [2.05, 4.69) is 10.3 Å². The second kappa shape index (κ2) is 9.69. The van der Waals surface area contributed by atoms with E-state index in [4.69, 9.17) is 9.15 Å². The molecule has 0 spiro atoms. The summed E-state index contributed by atoms with van der Waals surface area (Å²) in [6.45, 7) is 5.51. The van der Waals surface area contributed by atoms with Gasteiger partial charge in [-0.2, -0.15) is 0 Å². The number of thiazole rings is 1. The van der Waals surface area contributed by atoms with Gasteiger partial charge in [0.05, 0.1) is 18.7 Å². The van der Waals surface area contributed by atoms with Crippen molar-refractivity contribution in [2.75, 3.05) is 11.9 Å². The number of carbonyl (C=O) groups excluding carboxylic acids is 1.